The van der Waals surface area contributed by atoms with Gasteiger partial charge in [-0.25, -0.2) is 0 Å². The quantitative estimate of drug-likeness (QED) is 0.815. The molecule has 3 N–H and O–H groups in total. The van der Waals surface area contributed by atoms with Gasteiger partial charge in [-0.3, -0.25) is 9.78 Å². The van der Waals surface area contributed by atoms with Gasteiger partial charge in [-0.1, -0.05) is 26.3 Å². The van der Waals surface area contributed by atoms with Crippen LogP contribution >= 0.6 is 0 Å². The summed E-state index contributed by atoms with van der Waals surface area (Å²) in [6.07, 6.45) is 4.36. The highest BCUT2D eigenvalue weighted by Gasteiger charge is 2.21. The summed E-state index contributed by atoms with van der Waals surface area (Å²) in [6.45, 7) is 5.94. The number of hydrogen-bond donors (Lipinski definition) is 2. The van der Waals surface area contributed by atoms with Gasteiger partial charge in [-0.05, 0) is 24.5 Å². The first kappa shape index (κ1) is 13.6. The van der Waals surface area contributed by atoms with Gasteiger partial charge < -0.3 is 11.1 Å². The second-order valence-corrected chi connectivity index (χ2v) is 4.43. The van der Waals surface area contributed by atoms with Gasteiger partial charge >= 0.3 is 0 Å². The van der Waals surface area contributed by atoms with Gasteiger partial charge in [0.1, 0.15) is 0 Å². The summed E-state index contributed by atoms with van der Waals surface area (Å²) >= 11 is 0. The van der Waals surface area contributed by atoms with Crippen LogP contribution in [-0.4, -0.2) is 16.9 Å². The van der Waals surface area contributed by atoms with E-state index in [0.29, 0.717) is 0 Å². The molecule has 1 amide bonds. The molecule has 4 heteroatoms. The van der Waals surface area contributed by atoms with Gasteiger partial charge in [-0.2, -0.15) is 0 Å². The third-order valence-electron chi connectivity index (χ3n) is 3.10. The summed E-state index contributed by atoms with van der Waals surface area (Å²) in [7, 11) is 0. The van der Waals surface area contributed by atoms with Crippen LogP contribution in [-0.2, 0) is 4.79 Å². The number of amides is 1. The molecule has 0 saturated heterocycles. The van der Waals surface area contributed by atoms with Crippen molar-refractivity contribution in [3.63, 3.8) is 0 Å². The predicted octanol–water partition coefficient (Wildman–Crippen LogP) is 1.63. The van der Waals surface area contributed by atoms with Crippen LogP contribution in [0.5, 0.6) is 0 Å². The number of aromatic nitrogens is 1. The maximum Gasteiger partial charge on any atom is 0.237 e. The number of nitrogens with two attached hydrogens (primary N) is 1. The third-order valence-corrected chi connectivity index (χ3v) is 3.10. The zero-order valence-corrected chi connectivity index (χ0v) is 10.7. The first-order valence-corrected chi connectivity index (χ1v) is 6.02. The number of hydrogen-bond acceptors (Lipinski definition) is 3. The molecule has 0 spiro atoms. The molecule has 1 aromatic rings. The molecular formula is C13H21N3O. The van der Waals surface area contributed by atoms with Gasteiger partial charge in [0, 0.05) is 12.4 Å². The Morgan fingerprint density at radius 1 is 1.53 bits per heavy atom. The van der Waals surface area contributed by atoms with Crippen molar-refractivity contribution in [3.8, 4) is 0 Å². The minimum Gasteiger partial charge on any atom is -0.348 e. The molecule has 0 aliphatic rings. The standard InChI is InChI=1S/C13H21N3O/c1-4-9(2)12(14)13(17)16-10(3)11-6-5-7-15-8-11/h5-10,12H,4,14H2,1-3H3,(H,16,17)/t9?,10-,12?/m0/s1. The SMILES string of the molecule is CCC(C)C(N)C(=O)N[C@@H](C)c1cccnc1. The van der Waals surface area contributed by atoms with E-state index in [1.165, 1.54) is 0 Å². The Kier molecular flexibility index (Phi) is 5.10. The van der Waals surface area contributed by atoms with Crippen LogP contribution in [0.3, 0.4) is 0 Å². The minimum absolute atomic E-state index is 0.0636. The van der Waals surface area contributed by atoms with Crippen molar-refractivity contribution in [2.24, 2.45) is 11.7 Å². The van der Waals surface area contributed by atoms with Gasteiger partial charge in [0.05, 0.1) is 12.1 Å². The highest BCUT2D eigenvalue weighted by atomic mass is 16.2. The van der Waals surface area contributed by atoms with Crippen molar-refractivity contribution in [2.45, 2.75) is 39.3 Å². The molecule has 0 bridgehead atoms. The zero-order valence-electron chi connectivity index (χ0n) is 10.7. The second-order valence-electron chi connectivity index (χ2n) is 4.43. The molecule has 0 fully saturated rings. The van der Waals surface area contributed by atoms with Gasteiger partial charge in [-0.15, -0.1) is 0 Å². The van der Waals surface area contributed by atoms with Crippen molar-refractivity contribution >= 4 is 5.91 Å². The molecule has 1 rings (SSSR count). The molecule has 0 radical (unpaired) electrons. The molecule has 0 saturated carbocycles. The third kappa shape index (κ3) is 3.82. The number of rotatable bonds is 5. The van der Waals surface area contributed by atoms with E-state index in [4.69, 9.17) is 5.73 Å². The molecule has 17 heavy (non-hydrogen) atoms. The lowest BCUT2D eigenvalue weighted by atomic mass is 9.99. The summed E-state index contributed by atoms with van der Waals surface area (Å²) < 4.78 is 0. The zero-order chi connectivity index (χ0) is 12.8. The summed E-state index contributed by atoms with van der Waals surface area (Å²) in [5.74, 6) is 0.0896. The average Bonchev–Trinajstić information content (AvgIpc) is 2.37. The molecule has 1 aromatic heterocycles. The Bertz CT molecular complexity index is 353. The Hall–Kier alpha value is -1.42. The van der Waals surface area contributed by atoms with Crippen LogP contribution in [0.1, 0.15) is 38.8 Å². The Morgan fingerprint density at radius 2 is 2.24 bits per heavy atom. The monoisotopic (exact) mass is 235 g/mol. The molecule has 94 valence electrons. The topological polar surface area (TPSA) is 68.0 Å². The van der Waals surface area contributed by atoms with Crippen molar-refractivity contribution < 1.29 is 4.79 Å². The molecule has 0 aliphatic heterocycles. The highest BCUT2D eigenvalue weighted by molar-refractivity contribution is 5.82. The van der Waals surface area contributed by atoms with Crippen LogP contribution in [0, 0.1) is 5.92 Å². The molecule has 3 atom stereocenters. The molecular weight excluding hydrogens is 214 g/mol. The van der Waals surface area contributed by atoms with Crippen LogP contribution in [0.2, 0.25) is 0 Å². The van der Waals surface area contributed by atoms with Crippen LogP contribution in [0.25, 0.3) is 0 Å². The van der Waals surface area contributed by atoms with Crippen LogP contribution in [0.4, 0.5) is 0 Å². The molecule has 0 aliphatic carbocycles. The Balaban J connectivity index is 2.57. The lowest BCUT2D eigenvalue weighted by molar-refractivity contribution is -0.124. The minimum atomic E-state index is -0.445. The summed E-state index contributed by atoms with van der Waals surface area (Å²) in [5.41, 5.74) is 6.85. The van der Waals surface area contributed by atoms with E-state index in [2.05, 4.69) is 10.3 Å². The van der Waals surface area contributed by atoms with Crippen LogP contribution in [0.15, 0.2) is 24.5 Å². The van der Waals surface area contributed by atoms with Crippen molar-refractivity contribution in [1.29, 1.82) is 0 Å². The molecule has 0 aromatic carbocycles. The number of pyridine rings is 1. The van der Waals surface area contributed by atoms with E-state index >= 15 is 0 Å². The summed E-state index contributed by atoms with van der Waals surface area (Å²) in [5, 5.41) is 2.91. The number of carbonyl (C=O) groups excluding carboxylic acids is 1. The van der Waals surface area contributed by atoms with E-state index in [1.54, 1.807) is 12.4 Å². The first-order valence-electron chi connectivity index (χ1n) is 6.02. The number of nitrogens with zero attached hydrogens (tertiary/aromatic N) is 1. The summed E-state index contributed by atoms with van der Waals surface area (Å²) in [6, 6.07) is 3.28. The van der Waals surface area contributed by atoms with Gasteiger partial charge in [0.25, 0.3) is 0 Å². The number of carbonyl (C=O) groups is 1. The Labute approximate surface area is 103 Å². The van der Waals surface area contributed by atoms with Gasteiger partial charge in [0.15, 0.2) is 0 Å². The second kappa shape index (κ2) is 6.35. The smallest absolute Gasteiger partial charge is 0.237 e. The maximum atomic E-state index is 11.9. The lowest BCUT2D eigenvalue weighted by Crippen LogP contribution is -2.45. The average molecular weight is 235 g/mol. The largest absolute Gasteiger partial charge is 0.348 e. The fraction of sp³-hybridized carbons (Fsp3) is 0.538. The van der Waals surface area contributed by atoms with E-state index in [-0.39, 0.29) is 17.9 Å². The first-order chi connectivity index (χ1) is 8.06. The maximum absolute atomic E-state index is 11.9. The molecule has 2 unspecified atom stereocenters. The fourth-order valence-electron chi connectivity index (χ4n) is 1.54. The fourth-order valence-corrected chi connectivity index (χ4v) is 1.54. The van der Waals surface area contributed by atoms with E-state index in [9.17, 15) is 4.79 Å². The van der Waals surface area contributed by atoms with E-state index in [0.717, 1.165) is 12.0 Å². The van der Waals surface area contributed by atoms with Crippen LogP contribution < -0.4 is 11.1 Å². The predicted molar refractivity (Wildman–Crippen MR) is 68.2 cm³/mol. The van der Waals surface area contributed by atoms with Crippen molar-refractivity contribution in [2.75, 3.05) is 0 Å². The number of nitrogens with one attached hydrogen (secondary N) is 1. The summed E-state index contributed by atoms with van der Waals surface area (Å²) in [4.78, 5) is 15.9. The normalized spacial score (nSPS) is 16.0. The Morgan fingerprint density at radius 3 is 2.76 bits per heavy atom. The lowest BCUT2D eigenvalue weighted by Gasteiger charge is -2.21. The van der Waals surface area contributed by atoms with Gasteiger partial charge in [0.2, 0.25) is 5.91 Å². The van der Waals surface area contributed by atoms with E-state index < -0.39 is 6.04 Å². The van der Waals surface area contributed by atoms with E-state index in [1.807, 2.05) is 32.9 Å². The molecule has 4 nitrogen and oxygen atoms in total. The highest BCUT2D eigenvalue weighted by Crippen LogP contribution is 2.11. The van der Waals surface area contributed by atoms with Crippen molar-refractivity contribution in [3.05, 3.63) is 30.1 Å². The van der Waals surface area contributed by atoms with Crippen molar-refractivity contribution in [1.82, 2.24) is 10.3 Å². The molecule has 1 heterocycles.